The van der Waals surface area contributed by atoms with Crippen LogP contribution >= 0.6 is 23.5 Å². The summed E-state index contributed by atoms with van der Waals surface area (Å²) in [6.45, 7) is 2.22. The number of hydrogen-bond donors (Lipinski definition) is 1. The first-order valence-electron chi connectivity index (χ1n) is 6.47. The van der Waals surface area contributed by atoms with Gasteiger partial charge in [0.05, 0.1) is 0 Å². The van der Waals surface area contributed by atoms with Crippen molar-refractivity contribution in [1.29, 1.82) is 0 Å². The van der Waals surface area contributed by atoms with Crippen LogP contribution < -0.4 is 5.32 Å². The zero-order valence-corrected chi connectivity index (χ0v) is 12.8. The largest absolute Gasteiger partial charge is 0.316 e. The Morgan fingerprint density at radius 1 is 1.32 bits per heavy atom. The molecule has 0 radical (unpaired) electrons. The second-order valence-electron chi connectivity index (χ2n) is 4.72. The third-order valence-electron chi connectivity index (χ3n) is 3.48. The fourth-order valence-corrected chi connectivity index (χ4v) is 5.42. The SMILES string of the molecule is CNC(Cc1cccc(F)c1F)C1SCCSC1C. The molecule has 1 N–H and O–H groups in total. The molecule has 5 heteroatoms. The highest BCUT2D eigenvalue weighted by atomic mass is 32.2. The molecule has 1 heterocycles. The summed E-state index contributed by atoms with van der Waals surface area (Å²) in [7, 11) is 1.90. The molecule has 0 spiro atoms. The zero-order valence-electron chi connectivity index (χ0n) is 11.2. The average molecular weight is 303 g/mol. The lowest BCUT2D eigenvalue weighted by Gasteiger charge is -2.34. The first-order valence-corrected chi connectivity index (χ1v) is 8.56. The molecule has 1 aromatic carbocycles. The Morgan fingerprint density at radius 2 is 2.05 bits per heavy atom. The summed E-state index contributed by atoms with van der Waals surface area (Å²) >= 11 is 3.89. The molecule has 1 aliphatic heterocycles. The van der Waals surface area contributed by atoms with Gasteiger partial charge in [-0.2, -0.15) is 23.5 Å². The zero-order chi connectivity index (χ0) is 13.8. The highest BCUT2D eigenvalue weighted by Gasteiger charge is 2.30. The highest BCUT2D eigenvalue weighted by Crippen LogP contribution is 2.34. The topological polar surface area (TPSA) is 12.0 Å². The van der Waals surface area contributed by atoms with Gasteiger partial charge >= 0.3 is 0 Å². The van der Waals surface area contributed by atoms with Crippen LogP contribution in [-0.2, 0) is 6.42 Å². The Balaban J connectivity index is 2.12. The number of rotatable bonds is 4. The number of benzene rings is 1. The lowest BCUT2D eigenvalue weighted by atomic mass is 10.0. The summed E-state index contributed by atoms with van der Waals surface area (Å²) in [4.78, 5) is 0. The maximum Gasteiger partial charge on any atom is 0.162 e. The number of hydrogen-bond acceptors (Lipinski definition) is 3. The third kappa shape index (κ3) is 3.64. The predicted octanol–water partition coefficient (Wildman–Crippen LogP) is 3.33. The number of nitrogens with one attached hydrogen (secondary N) is 1. The van der Waals surface area contributed by atoms with E-state index in [4.69, 9.17) is 0 Å². The van der Waals surface area contributed by atoms with Gasteiger partial charge in [0.1, 0.15) is 0 Å². The number of halogens is 2. The van der Waals surface area contributed by atoms with Crippen molar-refractivity contribution < 1.29 is 8.78 Å². The van der Waals surface area contributed by atoms with Crippen LogP contribution in [0.4, 0.5) is 8.78 Å². The van der Waals surface area contributed by atoms with Crippen LogP contribution in [0.1, 0.15) is 12.5 Å². The number of thioether (sulfide) groups is 2. The van der Waals surface area contributed by atoms with E-state index in [1.165, 1.54) is 11.8 Å². The molecule has 0 aromatic heterocycles. The molecule has 1 fully saturated rings. The normalized spacial score (nSPS) is 25.3. The first-order chi connectivity index (χ1) is 9.13. The molecule has 3 unspecified atom stereocenters. The molecular weight excluding hydrogens is 284 g/mol. The molecule has 1 aliphatic rings. The van der Waals surface area contributed by atoms with Crippen molar-refractivity contribution in [3.63, 3.8) is 0 Å². The minimum Gasteiger partial charge on any atom is -0.316 e. The van der Waals surface area contributed by atoms with Gasteiger partial charge < -0.3 is 5.32 Å². The molecule has 3 atom stereocenters. The van der Waals surface area contributed by atoms with Crippen LogP contribution in [-0.4, -0.2) is 35.1 Å². The Kier molecular flexibility index (Phi) is 5.54. The van der Waals surface area contributed by atoms with Crippen molar-refractivity contribution in [2.75, 3.05) is 18.6 Å². The Morgan fingerprint density at radius 3 is 2.74 bits per heavy atom. The van der Waals surface area contributed by atoms with Crippen molar-refractivity contribution >= 4 is 23.5 Å². The summed E-state index contributed by atoms with van der Waals surface area (Å²) in [5.41, 5.74) is 0.461. The van der Waals surface area contributed by atoms with Gasteiger partial charge in [-0.3, -0.25) is 0 Å². The Labute approximate surface area is 121 Å². The first kappa shape index (κ1) is 15.1. The smallest absolute Gasteiger partial charge is 0.162 e. The van der Waals surface area contributed by atoms with Gasteiger partial charge in [0.2, 0.25) is 0 Å². The summed E-state index contributed by atoms with van der Waals surface area (Å²) < 4.78 is 27.0. The van der Waals surface area contributed by atoms with Gasteiger partial charge in [0, 0.05) is 28.0 Å². The lowest BCUT2D eigenvalue weighted by molar-refractivity contribution is 0.477. The molecule has 1 nitrogen and oxygen atoms in total. The highest BCUT2D eigenvalue weighted by molar-refractivity contribution is 8.07. The van der Waals surface area contributed by atoms with E-state index in [-0.39, 0.29) is 6.04 Å². The van der Waals surface area contributed by atoms with E-state index >= 15 is 0 Å². The van der Waals surface area contributed by atoms with E-state index in [2.05, 4.69) is 12.2 Å². The quantitative estimate of drug-likeness (QED) is 0.916. The standard InChI is InChI=1S/C14H19F2NS2/c1-9-14(19-7-6-18-9)12(17-2)8-10-4-3-5-11(15)13(10)16/h3-5,9,12,14,17H,6-8H2,1-2H3. The molecule has 1 aromatic rings. The van der Waals surface area contributed by atoms with Crippen molar-refractivity contribution in [1.82, 2.24) is 5.32 Å². The second kappa shape index (κ2) is 6.95. The predicted molar refractivity (Wildman–Crippen MR) is 81.1 cm³/mol. The maximum absolute atomic E-state index is 13.7. The molecule has 0 aliphatic carbocycles. The van der Waals surface area contributed by atoms with Gasteiger partial charge in [-0.05, 0) is 25.1 Å². The third-order valence-corrected chi connectivity index (χ3v) is 6.73. The van der Waals surface area contributed by atoms with E-state index in [1.54, 1.807) is 12.1 Å². The van der Waals surface area contributed by atoms with Gasteiger partial charge in [-0.15, -0.1) is 0 Å². The fraction of sp³-hybridized carbons (Fsp3) is 0.571. The van der Waals surface area contributed by atoms with Crippen LogP contribution in [0, 0.1) is 11.6 Å². The molecule has 0 amide bonds. The van der Waals surface area contributed by atoms with E-state index < -0.39 is 11.6 Å². The Hall–Kier alpha value is -0.260. The van der Waals surface area contributed by atoms with Crippen LogP contribution in [0.3, 0.4) is 0 Å². The second-order valence-corrected chi connectivity index (χ2v) is 7.49. The van der Waals surface area contributed by atoms with Gasteiger partial charge in [0.25, 0.3) is 0 Å². The van der Waals surface area contributed by atoms with E-state index in [0.29, 0.717) is 22.5 Å². The van der Waals surface area contributed by atoms with Crippen molar-refractivity contribution in [2.24, 2.45) is 0 Å². The minimum atomic E-state index is -0.758. The molecular formula is C14H19F2NS2. The summed E-state index contributed by atoms with van der Waals surface area (Å²) in [5, 5.41) is 4.25. The van der Waals surface area contributed by atoms with E-state index in [9.17, 15) is 8.78 Å². The molecule has 19 heavy (non-hydrogen) atoms. The van der Waals surface area contributed by atoms with Gasteiger partial charge in [0.15, 0.2) is 11.6 Å². The molecule has 2 rings (SSSR count). The van der Waals surface area contributed by atoms with Crippen molar-refractivity contribution in [3.8, 4) is 0 Å². The van der Waals surface area contributed by atoms with Crippen LogP contribution in [0.15, 0.2) is 18.2 Å². The molecule has 0 bridgehead atoms. The van der Waals surface area contributed by atoms with Crippen LogP contribution in [0.5, 0.6) is 0 Å². The monoisotopic (exact) mass is 303 g/mol. The lowest BCUT2D eigenvalue weighted by Crippen LogP contribution is -2.44. The van der Waals surface area contributed by atoms with Crippen LogP contribution in [0.25, 0.3) is 0 Å². The number of likely N-dealkylation sites (N-methyl/N-ethyl adjacent to an activating group) is 1. The van der Waals surface area contributed by atoms with Gasteiger partial charge in [-0.25, -0.2) is 8.78 Å². The maximum atomic E-state index is 13.7. The molecule has 106 valence electrons. The minimum absolute atomic E-state index is 0.170. The van der Waals surface area contributed by atoms with E-state index in [0.717, 1.165) is 5.75 Å². The molecule has 1 saturated heterocycles. The van der Waals surface area contributed by atoms with E-state index in [1.807, 2.05) is 30.6 Å². The summed E-state index contributed by atoms with van der Waals surface area (Å²) in [6.07, 6.45) is 0.530. The Bertz CT molecular complexity index is 428. The molecule has 0 saturated carbocycles. The summed E-state index contributed by atoms with van der Waals surface area (Å²) in [5.74, 6) is 0.839. The average Bonchev–Trinajstić information content (AvgIpc) is 2.41. The van der Waals surface area contributed by atoms with Crippen molar-refractivity contribution in [2.45, 2.75) is 29.9 Å². The van der Waals surface area contributed by atoms with Crippen molar-refractivity contribution in [3.05, 3.63) is 35.4 Å². The van der Waals surface area contributed by atoms with Gasteiger partial charge in [-0.1, -0.05) is 19.1 Å². The summed E-state index contributed by atoms with van der Waals surface area (Å²) in [6, 6.07) is 4.59. The fourth-order valence-electron chi connectivity index (χ4n) is 2.42. The van der Waals surface area contributed by atoms with Crippen LogP contribution in [0.2, 0.25) is 0 Å².